The Bertz CT molecular complexity index is 3450. The molecule has 1 aliphatic carbocycles. The quantitative estimate of drug-likeness (QED) is 0.161. The van der Waals surface area contributed by atoms with Crippen molar-refractivity contribution in [1.29, 1.82) is 0 Å². The van der Waals surface area contributed by atoms with E-state index >= 15 is 0 Å². The van der Waals surface area contributed by atoms with Gasteiger partial charge in [-0.1, -0.05) is 129 Å². The fourth-order valence-electron chi connectivity index (χ4n) is 9.88. The molecule has 0 spiro atoms. The average Bonchev–Trinajstić information content (AvgIpc) is 3.93. The van der Waals surface area contributed by atoms with Gasteiger partial charge in [0.2, 0.25) is 0 Å². The highest BCUT2D eigenvalue weighted by Crippen LogP contribution is 2.53. The van der Waals surface area contributed by atoms with Gasteiger partial charge in [-0.15, -0.1) is 0 Å². The molecule has 11 aromatic rings. The van der Waals surface area contributed by atoms with Crippen molar-refractivity contribution >= 4 is 77.9 Å². The third-order valence-electron chi connectivity index (χ3n) is 12.7. The van der Waals surface area contributed by atoms with Crippen LogP contribution in [0.2, 0.25) is 0 Å². The molecule has 2 heterocycles. The van der Waals surface area contributed by atoms with Crippen molar-refractivity contribution in [3.8, 4) is 16.8 Å². The minimum Gasteiger partial charge on any atom is -0.454 e. The number of para-hydroxylation sites is 6. The molecule has 1 aliphatic rings. The highest BCUT2D eigenvalue weighted by atomic mass is 16.3. The molecule has 0 aliphatic heterocycles. The van der Waals surface area contributed by atoms with Gasteiger partial charge in [-0.25, -0.2) is 0 Å². The summed E-state index contributed by atoms with van der Waals surface area (Å²) < 4.78 is 8.99. The van der Waals surface area contributed by atoms with Crippen LogP contribution in [0.3, 0.4) is 0 Å². The molecule has 12 rings (SSSR count). The zero-order valence-corrected chi connectivity index (χ0v) is 34.0. The minimum absolute atomic E-state index is 0.278. The summed E-state index contributed by atoms with van der Waals surface area (Å²) >= 11 is 0. The third-order valence-corrected chi connectivity index (χ3v) is 12.7. The monoisotopic (exact) mass is 783 g/mol. The Kier molecular flexibility index (Phi) is 7.85. The van der Waals surface area contributed by atoms with Crippen LogP contribution in [0.4, 0.5) is 34.1 Å². The van der Waals surface area contributed by atoms with E-state index in [0.717, 1.165) is 61.8 Å². The zero-order valence-electron chi connectivity index (χ0n) is 34.0. The van der Waals surface area contributed by atoms with Crippen molar-refractivity contribution in [3.05, 3.63) is 223 Å². The number of aromatic nitrogens is 1. The summed E-state index contributed by atoms with van der Waals surface area (Å²) in [5, 5.41) is 4.69. The number of hydrogen-bond acceptors (Lipinski definition) is 3. The highest BCUT2D eigenvalue weighted by molar-refractivity contribution is 6.12. The first kappa shape index (κ1) is 35.2. The second kappa shape index (κ2) is 13.6. The summed E-state index contributed by atoms with van der Waals surface area (Å²) in [6, 6.07) is 76.5. The molecule has 0 fully saturated rings. The van der Waals surface area contributed by atoms with Crippen molar-refractivity contribution in [3.63, 3.8) is 0 Å². The van der Waals surface area contributed by atoms with Gasteiger partial charge in [-0.3, -0.25) is 0 Å². The summed E-state index contributed by atoms with van der Waals surface area (Å²) in [5.74, 6) is 0. The summed E-state index contributed by atoms with van der Waals surface area (Å²) in [6.45, 7) is 4.74. The molecule has 0 atom stereocenters. The SMILES string of the molecule is CC1(C)c2cc(N(c3ccccc3)c3ccc4c(c3)c3ccccc3n4-c3ccccc3)ccc2-c2ccc(N(c3ccccc3)c3cccc4c3oc3ccccc34)cc21. The number of rotatable bonds is 7. The molecule has 4 nitrogen and oxygen atoms in total. The number of furan rings is 1. The number of anilines is 6. The van der Waals surface area contributed by atoms with Crippen LogP contribution in [-0.2, 0) is 5.41 Å². The predicted octanol–water partition coefficient (Wildman–Crippen LogP) is 15.9. The normalized spacial score (nSPS) is 12.9. The van der Waals surface area contributed by atoms with E-state index in [-0.39, 0.29) is 5.41 Å². The summed E-state index contributed by atoms with van der Waals surface area (Å²) in [5.41, 5.74) is 16.7. The molecule has 61 heavy (non-hydrogen) atoms. The van der Waals surface area contributed by atoms with Crippen LogP contribution < -0.4 is 9.80 Å². The number of benzene rings is 9. The Morgan fingerprint density at radius 2 is 0.918 bits per heavy atom. The van der Waals surface area contributed by atoms with Gasteiger partial charge in [-0.05, 0) is 119 Å². The van der Waals surface area contributed by atoms with Gasteiger partial charge in [0, 0.05) is 61.1 Å². The lowest BCUT2D eigenvalue weighted by Crippen LogP contribution is -2.17. The van der Waals surface area contributed by atoms with Crippen LogP contribution >= 0.6 is 0 Å². The molecule has 9 aromatic carbocycles. The first-order chi connectivity index (χ1) is 30.0. The van der Waals surface area contributed by atoms with Crippen LogP contribution in [0, 0.1) is 0 Å². The maximum atomic E-state index is 6.62. The first-order valence-corrected chi connectivity index (χ1v) is 21.0. The lowest BCUT2D eigenvalue weighted by molar-refractivity contribution is 0.660. The largest absolute Gasteiger partial charge is 0.454 e. The highest BCUT2D eigenvalue weighted by Gasteiger charge is 2.37. The molecule has 4 heteroatoms. The molecule has 0 amide bonds. The van der Waals surface area contributed by atoms with Gasteiger partial charge in [0.25, 0.3) is 0 Å². The van der Waals surface area contributed by atoms with Gasteiger partial charge in [0.15, 0.2) is 5.58 Å². The van der Waals surface area contributed by atoms with Crippen LogP contribution in [0.15, 0.2) is 217 Å². The Balaban J connectivity index is 0.988. The van der Waals surface area contributed by atoms with Crippen LogP contribution in [0.5, 0.6) is 0 Å². The van der Waals surface area contributed by atoms with E-state index in [9.17, 15) is 0 Å². The minimum atomic E-state index is -0.278. The fraction of sp³-hybridized carbons (Fsp3) is 0.0526. The third kappa shape index (κ3) is 5.46. The topological polar surface area (TPSA) is 24.6 Å². The van der Waals surface area contributed by atoms with E-state index in [0.29, 0.717) is 0 Å². The lowest BCUT2D eigenvalue weighted by atomic mass is 9.82. The maximum Gasteiger partial charge on any atom is 0.159 e. The van der Waals surface area contributed by atoms with Gasteiger partial charge in [0.1, 0.15) is 5.58 Å². The maximum absolute atomic E-state index is 6.62. The molecule has 2 aromatic heterocycles. The van der Waals surface area contributed by atoms with Crippen molar-refractivity contribution in [2.75, 3.05) is 9.80 Å². The fourth-order valence-corrected chi connectivity index (χ4v) is 9.88. The lowest BCUT2D eigenvalue weighted by Gasteiger charge is -2.29. The molecule has 0 N–H and O–H groups in total. The van der Waals surface area contributed by atoms with E-state index in [2.05, 4.69) is 234 Å². The van der Waals surface area contributed by atoms with Gasteiger partial charge in [-0.2, -0.15) is 0 Å². The Morgan fingerprint density at radius 1 is 0.393 bits per heavy atom. The van der Waals surface area contributed by atoms with Gasteiger partial charge in [0.05, 0.1) is 16.7 Å². The van der Waals surface area contributed by atoms with Crippen molar-refractivity contribution in [2.45, 2.75) is 19.3 Å². The van der Waals surface area contributed by atoms with Crippen molar-refractivity contribution in [1.82, 2.24) is 4.57 Å². The summed E-state index contributed by atoms with van der Waals surface area (Å²) in [6.07, 6.45) is 0. The van der Waals surface area contributed by atoms with E-state index in [1.54, 1.807) is 0 Å². The molecule has 0 saturated heterocycles. The molecule has 0 radical (unpaired) electrons. The summed E-state index contributed by atoms with van der Waals surface area (Å²) in [7, 11) is 0. The van der Waals surface area contributed by atoms with Crippen molar-refractivity contribution < 1.29 is 4.42 Å². The van der Waals surface area contributed by atoms with Crippen LogP contribution in [-0.4, -0.2) is 4.57 Å². The molecule has 0 bridgehead atoms. The molecule has 290 valence electrons. The van der Waals surface area contributed by atoms with Crippen molar-refractivity contribution in [2.24, 2.45) is 0 Å². The average molecular weight is 784 g/mol. The second-order valence-electron chi connectivity index (χ2n) is 16.6. The standard InChI is InChI=1S/C57H41N3O/c1-57(2)50-36-42(58(38-17-6-3-7-18-38)41-31-34-53-49(35-41)46-23-12-14-26-52(46)60(53)40-21-10-5-11-22-40)29-32-44(50)45-33-30-43(37-51(45)57)59(39-19-8-4-9-20-39)54-27-16-25-48-47-24-13-15-28-55(47)61-56(48)54/h3-37H,1-2H3. The second-order valence-corrected chi connectivity index (χ2v) is 16.6. The zero-order chi connectivity index (χ0) is 40.7. The van der Waals surface area contributed by atoms with E-state index in [1.165, 1.54) is 44.1 Å². The molecule has 0 unspecified atom stereocenters. The van der Waals surface area contributed by atoms with Crippen LogP contribution in [0.1, 0.15) is 25.0 Å². The molecule has 0 saturated carbocycles. The summed E-state index contributed by atoms with van der Waals surface area (Å²) in [4.78, 5) is 4.75. The predicted molar refractivity (Wildman–Crippen MR) is 255 cm³/mol. The smallest absolute Gasteiger partial charge is 0.159 e. The Hall–Kier alpha value is -7.82. The Morgan fingerprint density at radius 3 is 1.62 bits per heavy atom. The first-order valence-electron chi connectivity index (χ1n) is 21.0. The Labute approximate surface area is 354 Å². The van der Waals surface area contributed by atoms with Crippen LogP contribution in [0.25, 0.3) is 60.6 Å². The van der Waals surface area contributed by atoms with Gasteiger partial charge < -0.3 is 18.8 Å². The van der Waals surface area contributed by atoms with E-state index in [1.807, 2.05) is 6.07 Å². The number of fused-ring (bicyclic) bond motifs is 9. The van der Waals surface area contributed by atoms with E-state index < -0.39 is 0 Å². The number of nitrogens with zero attached hydrogens (tertiary/aromatic N) is 3. The molecular formula is C57H41N3O. The number of hydrogen-bond donors (Lipinski definition) is 0. The molecular weight excluding hydrogens is 743 g/mol. The van der Waals surface area contributed by atoms with E-state index in [4.69, 9.17) is 4.42 Å². The van der Waals surface area contributed by atoms with Gasteiger partial charge >= 0.3 is 0 Å².